The fourth-order valence-electron chi connectivity index (χ4n) is 3.58. The maximum absolute atomic E-state index is 14.3. The quantitative estimate of drug-likeness (QED) is 0.613. The number of aromatic nitrogens is 1. The average Bonchev–Trinajstić information content (AvgIpc) is 3.38. The molecule has 0 spiro atoms. The molecule has 1 saturated carbocycles. The van der Waals surface area contributed by atoms with Crippen LogP contribution in [-0.2, 0) is 11.3 Å². The van der Waals surface area contributed by atoms with Gasteiger partial charge in [-0.15, -0.1) is 5.73 Å². The van der Waals surface area contributed by atoms with Crippen molar-refractivity contribution in [3.8, 4) is 11.3 Å². The maximum Gasteiger partial charge on any atom is 0.145 e. The van der Waals surface area contributed by atoms with Crippen molar-refractivity contribution in [3.63, 3.8) is 0 Å². The lowest BCUT2D eigenvalue weighted by Crippen LogP contribution is -2.17. The van der Waals surface area contributed by atoms with E-state index in [1.54, 1.807) is 0 Å². The molecule has 0 bridgehead atoms. The molecule has 0 amide bonds. The Bertz CT molecular complexity index is 858. The van der Waals surface area contributed by atoms with E-state index in [2.05, 4.69) is 23.9 Å². The molecule has 1 aromatic heterocycles. The molecule has 142 valence electrons. The van der Waals surface area contributed by atoms with E-state index in [4.69, 9.17) is 9.26 Å². The minimum atomic E-state index is -0.639. The molecule has 1 aromatic carbocycles. The Labute approximate surface area is 157 Å². The number of rotatable bonds is 5. The molecule has 2 aliphatic rings. The van der Waals surface area contributed by atoms with Crippen LogP contribution in [0.1, 0.15) is 56.3 Å². The van der Waals surface area contributed by atoms with Crippen molar-refractivity contribution in [3.05, 3.63) is 59.0 Å². The highest BCUT2D eigenvalue weighted by atomic mass is 19.1. The molecule has 2 aromatic rings. The molecule has 0 N–H and O–H groups in total. The zero-order chi connectivity index (χ0) is 18.8. The minimum Gasteiger partial charge on any atom is -0.373 e. The molecule has 0 saturated heterocycles. The van der Waals surface area contributed by atoms with Gasteiger partial charge in [-0.25, -0.2) is 8.78 Å². The molecule has 3 nitrogen and oxygen atoms in total. The summed E-state index contributed by atoms with van der Waals surface area (Å²) < 4.78 is 40.3. The molecule has 4 rings (SSSR count). The zero-order valence-electron chi connectivity index (χ0n) is 15.4. The van der Waals surface area contributed by atoms with Crippen molar-refractivity contribution < 1.29 is 18.0 Å². The van der Waals surface area contributed by atoms with Crippen LogP contribution in [0.4, 0.5) is 8.78 Å². The predicted octanol–water partition coefficient (Wildman–Crippen LogP) is 5.91. The Hall–Kier alpha value is -2.23. The Balaban J connectivity index is 1.61. The summed E-state index contributed by atoms with van der Waals surface area (Å²) in [7, 11) is 0. The highest BCUT2D eigenvalue weighted by molar-refractivity contribution is 5.65. The Morgan fingerprint density at radius 3 is 2.67 bits per heavy atom. The van der Waals surface area contributed by atoms with Gasteiger partial charge in [0.05, 0.1) is 18.3 Å². The Morgan fingerprint density at radius 1 is 1.19 bits per heavy atom. The first-order valence-corrected chi connectivity index (χ1v) is 9.57. The first-order valence-electron chi connectivity index (χ1n) is 9.57. The number of benzene rings is 1. The fourth-order valence-corrected chi connectivity index (χ4v) is 3.58. The molecule has 2 atom stereocenters. The van der Waals surface area contributed by atoms with Crippen LogP contribution in [-0.4, -0.2) is 11.3 Å². The van der Waals surface area contributed by atoms with Gasteiger partial charge in [-0.2, -0.15) is 0 Å². The van der Waals surface area contributed by atoms with Crippen LogP contribution in [0, 0.1) is 17.6 Å². The molecule has 0 unspecified atom stereocenters. The third-order valence-corrected chi connectivity index (χ3v) is 5.23. The van der Waals surface area contributed by atoms with Crippen LogP contribution in [0.5, 0.6) is 0 Å². The fraction of sp³-hybridized carbons (Fsp3) is 0.455. The van der Waals surface area contributed by atoms with Crippen LogP contribution < -0.4 is 0 Å². The van der Waals surface area contributed by atoms with Crippen molar-refractivity contribution in [2.24, 2.45) is 5.92 Å². The SMILES string of the molecule is C[C@@H]1CC=C=CC[C@H](OCc2c(-c3c(F)cccc3F)noc2C2CC2)C1. The molecule has 2 aliphatic carbocycles. The summed E-state index contributed by atoms with van der Waals surface area (Å²) in [5.74, 6) is 0.213. The Morgan fingerprint density at radius 2 is 1.93 bits per heavy atom. The first-order chi connectivity index (χ1) is 13.1. The van der Waals surface area contributed by atoms with Crippen molar-refractivity contribution >= 4 is 0 Å². The van der Waals surface area contributed by atoms with E-state index in [-0.39, 0.29) is 29.9 Å². The van der Waals surface area contributed by atoms with Crippen molar-refractivity contribution in [1.82, 2.24) is 5.16 Å². The van der Waals surface area contributed by atoms with Gasteiger partial charge in [-0.3, -0.25) is 0 Å². The van der Waals surface area contributed by atoms with Gasteiger partial charge >= 0.3 is 0 Å². The van der Waals surface area contributed by atoms with E-state index in [1.165, 1.54) is 18.2 Å². The highest BCUT2D eigenvalue weighted by Gasteiger charge is 2.34. The lowest BCUT2D eigenvalue weighted by Gasteiger charge is -2.21. The van der Waals surface area contributed by atoms with E-state index < -0.39 is 11.6 Å². The summed E-state index contributed by atoms with van der Waals surface area (Å²) in [6.45, 7) is 2.43. The van der Waals surface area contributed by atoms with Gasteiger partial charge in [0.1, 0.15) is 23.1 Å². The van der Waals surface area contributed by atoms with E-state index in [1.807, 2.05) is 6.08 Å². The third kappa shape index (κ3) is 4.05. The first kappa shape index (κ1) is 18.1. The summed E-state index contributed by atoms with van der Waals surface area (Å²) in [6.07, 6.45) is 8.79. The standard InChI is InChI=1S/C22H23F2NO2/c1-14-6-3-2-4-7-16(12-14)26-13-17-21(25-27-22(17)15-10-11-15)20-18(23)8-5-9-19(20)24/h3-5,8-9,14-16H,6-7,10-13H2,1H3/t2?,14-,16+/m1/s1. The third-order valence-electron chi connectivity index (χ3n) is 5.23. The maximum atomic E-state index is 14.3. The van der Waals surface area contributed by atoms with Gasteiger partial charge < -0.3 is 9.26 Å². The topological polar surface area (TPSA) is 35.3 Å². The lowest BCUT2D eigenvalue weighted by atomic mass is 9.96. The van der Waals surface area contributed by atoms with E-state index >= 15 is 0 Å². The van der Waals surface area contributed by atoms with Crippen molar-refractivity contribution in [1.29, 1.82) is 0 Å². The van der Waals surface area contributed by atoms with Crippen molar-refractivity contribution in [2.75, 3.05) is 0 Å². The Kier molecular flexibility index (Phi) is 5.24. The summed E-state index contributed by atoms with van der Waals surface area (Å²) in [6, 6.07) is 3.83. The van der Waals surface area contributed by atoms with Crippen LogP contribution >= 0.6 is 0 Å². The zero-order valence-corrected chi connectivity index (χ0v) is 15.4. The summed E-state index contributed by atoms with van der Waals surface area (Å²) in [4.78, 5) is 0. The number of nitrogens with zero attached hydrogens (tertiary/aromatic N) is 1. The number of hydrogen-bond acceptors (Lipinski definition) is 3. The largest absolute Gasteiger partial charge is 0.373 e. The van der Waals surface area contributed by atoms with Crippen molar-refractivity contribution in [2.45, 2.75) is 57.7 Å². The van der Waals surface area contributed by atoms with Gasteiger partial charge in [-0.1, -0.05) is 18.1 Å². The summed E-state index contributed by atoms with van der Waals surface area (Å²) >= 11 is 0. The minimum absolute atomic E-state index is 0.0430. The van der Waals surface area contributed by atoms with E-state index in [0.717, 1.165) is 32.1 Å². The van der Waals surface area contributed by atoms with Gasteiger partial charge in [0.2, 0.25) is 0 Å². The molecule has 27 heavy (non-hydrogen) atoms. The van der Waals surface area contributed by atoms with E-state index in [9.17, 15) is 8.78 Å². The van der Waals surface area contributed by atoms with Crippen LogP contribution in [0.25, 0.3) is 11.3 Å². The summed E-state index contributed by atoms with van der Waals surface area (Å²) in [5, 5.41) is 4.02. The highest BCUT2D eigenvalue weighted by Crippen LogP contribution is 2.45. The predicted molar refractivity (Wildman–Crippen MR) is 98.1 cm³/mol. The molecule has 1 fully saturated rings. The number of ether oxygens (including phenoxy) is 1. The smallest absolute Gasteiger partial charge is 0.145 e. The second-order valence-corrected chi connectivity index (χ2v) is 7.57. The van der Waals surface area contributed by atoms with Gasteiger partial charge in [0.25, 0.3) is 0 Å². The van der Waals surface area contributed by atoms with Gasteiger partial charge in [-0.05, 0) is 62.3 Å². The molecular weight excluding hydrogens is 348 g/mol. The second kappa shape index (κ2) is 7.79. The molecule has 0 aliphatic heterocycles. The lowest BCUT2D eigenvalue weighted by molar-refractivity contribution is 0.0271. The molecule has 0 radical (unpaired) electrons. The normalized spacial score (nSPS) is 22.6. The van der Waals surface area contributed by atoms with Gasteiger partial charge in [0, 0.05) is 11.5 Å². The van der Waals surface area contributed by atoms with Crippen LogP contribution in [0.2, 0.25) is 0 Å². The average molecular weight is 371 g/mol. The molecule has 5 heteroatoms. The number of halogens is 2. The molecule has 1 heterocycles. The van der Waals surface area contributed by atoms with E-state index in [0.29, 0.717) is 17.2 Å². The second-order valence-electron chi connectivity index (χ2n) is 7.57. The number of hydrogen-bond donors (Lipinski definition) is 0. The van der Waals surface area contributed by atoms with Gasteiger partial charge in [0.15, 0.2) is 0 Å². The van der Waals surface area contributed by atoms with Crippen LogP contribution in [0.3, 0.4) is 0 Å². The van der Waals surface area contributed by atoms with Crippen LogP contribution in [0.15, 0.2) is 40.6 Å². The monoisotopic (exact) mass is 371 g/mol. The molecular formula is C22H23F2NO2. The summed E-state index contributed by atoms with van der Waals surface area (Å²) in [5.41, 5.74) is 3.93.